The molecule has 0 bridgehead atoms. The van der Waals surface area contributed by atoms with Gasteiger partial charge in [0.25, 0.3) is 0 Å². The average molecular weight is 272 g/mol. The van der Waals surface area contributed by atoms with E-state index in [-0.39, 0.29) is 5.91 Å². The van der Waals surface area contributed by atoms with E-state index in [0.717, 1.165) is 10.0 Å². The minimum absolute atomic E-state index is 0.0711. The first-order valence-electron chi connectivity index (χ1n) is 4.77. The first-order valence-corrected chi connectivity index (χ1v) is 5.56. The molecule has 1 aromatic rings. The molecule has 0 saturated heterocycles. The number of hydrogen-bond acceptors (Lipinski definition) is 2. The molecule has 0 radical (unpaired) electrons. The molecule has 0 aliphatic carbocycles. The summed E-state index contributed by atoms with van der Waals surface area (Å²) >= 11 is 3.33. The second-order valence-corrected chi connectivity index (χ2v) is 4.37. The highest BCUT2D eigenvalue weighted by Crippen LogP contribution is 2.10. The number of amides is 1. The van der Waals surface area contributed by atoms with Crippen molar-refractivity contribution < 1.29 is 9.90 Å². The minimum atomic E-state index is -0.501. The summed E-state index contributed by atoms with van der Waals surface area (Å²) in [6.45, 7) is 1.94. The Morgan fingerprint density at radius 3 is 2.60 bits per heavy atom. The molecule has 0 fully saturated rings. The molecule has 4 heteroatoms. The van der Waals surface area contributed by atoms with Crippen molar-refractivity contribution in [2.24, 2.45) is 0 Å². The molecular weight excluding hydrogens is 258 g/mol. The number of carbonyl (C=O) groups excluding carboxylic acids is 1. The summed E-state index contributed by atoms with van der Waals surface area (Å²) in [6, 6.07) is 7.59. The van der Waals surface area contributed by atoms with Gasteiger partial charge in [0.05, 0.1) is 12.5 Å². The Hall–Kier alpha value is -0.870. The number of carbonyl (C=O) groups is 1. The normalized spacial score (nSPS) is 12.2. The van der Waals surface area contributed by atoms with E-state index in [1.807, 2.05) is 24.3 Å². The summed E-state index contributed by atoms with van der Waals surface area (Å²) in [5.41, 5.74) is 0.960. The fourth-order valence-electron chi connectivity index (χ4n) is 1.11. The van der Waals surface area contributed by atoms with Crippen LogP contribution in [0.25, 0.3) is 0 Å². The Morgan fingerprint density at radius 1 is 1.47 bits per heavy atom. The predicted molar refractivity (Wildman–Crippen MR) is 62.5 cm³/mol. The second kappa shape index (κ2) is 5.88. The van der Waals surface area contributed by atoms with Crippen molar-refractivity contribution in [3.05, 3.63) is 34.3 Å². The molecule has 1 unspecified atom stereocenters. The molecule has 0 aliphatic rings. The van der Waals surface area contributed by atoms with Gasteiger partial charge >= 0.3 is 0 Å². The first-order chi connectivity index (χ1) is 7.08. The lowest BCUT2D eigenvalue weighted by Crippen LogP contribution is -2.31. The van der Waals surface area contributed by atoms with Gasteiger partial charge in [-0.1, -0.05) is 28.1 Å². The minimum Gasteiger partial charge on any atom is -0.392 e. The van der Waals surface area contributed by atoms with E-state index >= 15 is 0 Å². The molecular formula is C11H14BrNO2. The maximum Gasteiger partial charge on any atom is 0.224 e. The van der Waals surface area contributed by atoms with E-state index < -0.39 is 6.10 Å². The zero-order chi connectivity index (χ0) is 11.3. The molecule has 82 valence electrons. The standard InChI is InChI=1S/C11H14BrNO2/c1-8(14)7-13-11(15)6-9-2-4-10(12)5-3-9/h2-5,8,14H,6-7H2,1H3,(H,13,15). The maximum atomic E-state index is 11.4. The van der Waals surface area contributed by atoms with E-state index in [2.05, 4.69) is 21.2 Å². The van der Waals surface area contributed by atoms with Gasteiger partial charge in [-0.05, 0) is 24.6 Å². The summed E-state index contributed by atoms with van der Waals surface area (Å²) in [5, 5.41) is 11.6. The van der Waals surface area contributed by atoms with Crippen LogP contribution in [0.1, 0.15) is 12.5 Å². The lowest BCUT2D eigenvalue weighted by molar-refractivity contribution is -0.120. The van der Waals surface area contributed by atoms with Crippen molar-refractivity contribution in [2.45, 2.75) is 19.4 Å². The lowest BCUT2D eigenvalue weighted by atomic mass is 10.1. The van der Waals surface area contributed by atoms with Crippen LogP contribution in [0.5, 0.6) is 0 Å². The zero-order valence-corrected chi connectivity index (χ0v) is 10.1. The van der Waals surface area contributed by atoms with Gasteiger partial charge in [0.1, 0.15) is 0 Å². The van der Waals surface area contributed by atoms with Crippen LogP contribution in [0.4, 0.5) is 0 Å². The number of aliphatic hydroxyl groups is 1. The molecule has 0 aromatic heterocycles. The monoisotopic (exact) mass is 271 g/mol. The van der Waals surface area contributed by atoms with Gasteiger partial charge in [-0.3, -0.25) is 4.79 Å². The highest BCUT2D eigenvalue weighted by Gasteiger charge is 2.04. The van der Waals surface area contributed by atoms with Crippen molar-refractivity contribution in [1.82, 2.24) is 5.32 Å². The third-order valence-corrected chi connectivity index (χ3v) is 2.40. The molecule has 0 heterocycles. The van der Waals surface area contributed by atoms with E-state index in [1.54, 1.807) is 6.92 Å². The Bertz CT molecular complexity index is 322. The zero-order valence-electron chi connectivity index (χ0n) is 8.53. The number of aliphatic hydroxyl groups excluding tert-OH is 1. The molecule has 0 spiro atoms. The summed E-state index contributed by atoms with van der Waals surface area (Å²) in [4.78, 5) is 11.4. The van der Waals surface area contributed by atoms with Crippen molar-refractivity contribution in [2.75, 3.05) is 6.54 Å². The topological polar surface area (TPSA) is 49.3 Å². The van der Waals surface area contributed by atoms with Crippen LogP contribution < -0.4 is 5.32 Å². The van der Waals surface area contributed by atoms with Crippen LogP contribution in [0, 0.1) is 0 Å². The third-order valence-electron chi connectivity index (χ3n) is 1.87. The van der Waals surface area contributed by atoms with E-state index in [4.69, 9.17) is 5.11 Å². The summed E-state index contributed by atoms with van der Waals surface area (Å²) in [7, 11) is 0. The van der Waals surface area contributed by atoms with Crippen molar-refractivity contribution in [1.29, 1.82) is 0 Å². The Kier molecular flexibility index (Phi) is 4.78. The first kappa shape index (κ1) is 12.2. The van der Waals surface area contributed by atoms with Crippen LogP contribution in [-0.4, -0.2) is 23.7 Å². The number of benzene rings is 1. The van der Waals surface area contributed by atoms with Crippen LogP contribution >= 0.6 is 15.9 Å². The Balaban J connectivity index is 2.41. The van der Waals surface area contributed by atoms with Crippen molar-refractivity contribution in [3.8, 4) is 0 Å². The van der Waals surface area contributed by atoms with Crippen LogP contribution in [-0.2, 0) is 11.2 Å². The smallest absolute Gasteiger partial charge is 0.224 e. The summed E-state index contributed by atoms with van der Waals surface area (Å²) < 4.78 is 0.996. The highest BCUT2D eigenvalue weighted by molar-refractivity contribution is 9.10. The van der Waals surface area contributed by atoms with E-state index in [0.29, 0.717) is 13.0 Å². The molecule has 3 nitrogen and oxygen atoms in total. The van der Waals surface area contributed by atoms with Gasteiger partial charge in [0, 0.05) is 11.0 Å². The number of hydrogen-bond donors (Lipinski definition) is 2. The molecule has 0 saturated carbocycles. The molecule has 0 aliphatic heterocycles. The summed E-state index contributed by atoms with van der Waals surface area (Å²) in [5.74, 6) is -0.0711. The van der Waals surface area contributed by atoms with Gasteiger partial charge in [0.2, 0.25) is 5.91 Å². The van der Waals surface area contributed by atoms with Gasteiger partial charge in [-0.15, -0.1) is 0 Å². The number of halogens is 1. The molecule has 15 heavy (non-hydrogen) atoms. The van der Waals surface area contributed by atoms with Gasteiger partial charge < -0.3 is 10.4 Å². The predicted octanol–water partition coefficient (Wildman–Crippen LogP) is 1.49. The average Bonchev–Trinajstić information content (AvgIpc) is 2.19. The van der Waals surface area contributed by atoms with Crippen molar-refractivity contribution >= 4 is 21.8 Å². The van der Waals surface area contributed by atoms with Gasteiger partial charge in [-0.25, -0.2) is 0 Å². The number of nitrogens with one attached hydrogen (secondary N) is 1. The number of rotatable bonds is 4. The molecule has 2 N–H and O–H groups in total. The van der Waals surface area contributed by atoms with Gasteiger partial charge in [-0.2, -0.15) is 0 Å². The van der Waals surface area contributed by atoms with Crippen molar-refractivity contribution in [3.63, 3.8) is 0 Å². The SMILES string of the molecule is CC(O)CNC(=O)Cc1ccc(Br)cc1. The summed E-state index contributed by atoms with van der Waals surface area (Å²) in [6.07, 6.45) is -0.154. The molecule has 1 aromatic carbocycles. The quantitative estimate of drug-likeness (QED) is 0.872. The van der Waals surface area contributed by atoms with E-state index in [1.165, 1.54) is 0 Å². The molecule has 1 amide bonds. The van der Waals surface area contributed by atoms with E-state index in [9.17, 15) is 4.79 Å². The molecule has 1 rings (SSSR count). The fraction of sp³-hybridized carbons (Fsp3) is 0.364. The Labute approximate surface area is 97.6 Å². The highest BCUT2D eigenvalue weighted by atomic mass is 79.9. The van der Waals surface area contributed by atoms with Crippen LogP contribution in [0.2, 0.25) is 0 Å². The lowest BCUT2D eigenvalue weighted by Gasteiger charge is -2.06. The Morgan fingerprint density at radius 2 is 2.07 bits per heavy atom. The largest absolute Gasteiger partial charge is 0.392 e. The van der Waals surface area contributed by atoms with Gasteiger partial charge in [0.15, 0.2) is 0 Å². The van der Waals surface area contributed by atoms with Crippen LogP contribution in [0.3, 0.4) is 0 Å². The van der Waals surface area contributed by atoms with Crippen LogP contribution in [0.15, 0.2) is 28.7 Å². The third kappa shape index (κ3) is 4.95. The fourth-order valence-corrected chi connectivity index (χ4v) is 1.38. The molecule has 1 atom stereocenters. The second-order valence-electron chi connectivity index (χ2n) is 3.46. The maximum absolute atomic E-state index is 11.4.